The quantitative estimate of drug-likeness (QED) is 0.668. The summed E-state index contributed by atoms with van der Waals surface area (Å²) in [6, 6.07) is 5.21. The van der Waals surface area contributed by atoms with E-state index < -0.39 is 0 Å². The van der Waals surface area contributed by atoms with E-state index in [4.69, 9.17) is 0 Å². The number of carbonyl (C=O) groups is 2. The van der Waals surface area contributed by atoms with Crippen LogP contribution in [0.5, 0.6) is 0 Å². The lowest BCUT2D eigenvalue weighted by atomic mass is 10.1. The number of benzene rings is 1. The van der Waals surface area contributed by atoms with E-state index in [2.05, 4.69) is 25.9 Å². The van der Waals surface area contributed by atoms with Crippen molar-refractivity contribution >= 4 is 45.6 Å². The zero-order valence-corrected chi connectivity index (χ0v) is 14.6. The molecule has 2 heterocycles. The Kier molecular flexibility index (Phi) is 4.90. The van der Waals surface area contributed by atoms with Crippen molar-refractivity contribution in [2.45, 2.75) is 13.8 Å². The Hall–Kier alpha value is -3.00. The number of pyridine rings is 1. The van der Waals surface area contributed by atoms with Crippen LogP contribution in [-0.2, 0) is 0 Å². The summed E-state index contributed by atoms with van der Waals surface area (Å²) in [5.41, 5.74) is 3.28. The summed E-state index contributed by atoms with van der Waals surface area (Å²) in [5, 5.41) is 10.0. The smallest absolute Gasteiger partial charge is 0.320 e. The summed E-state index contributed by atoms with van der Waals surface area (Å²) in [4.78, 5) is 32.5. The molecular weight excluding hydrogens is 338 g/mol. The van der Waals surface area contributed by atoms with Crippen molar-refractivity contribution in [3.8, 4) is 0 Å². The molecule has 0 radical (unpaired) electrons. The number of nitrogens with zero attached hydrogens (tertiary/aromatic N) is 2. The maximum absolute atomic E-state index is 12.2. The molecule has 0 unspecified atom stereocenters. The van der Waals surface area contributed by atoms with Crippen molar-refractivity contribution in [1.29, 1.82) is 0 Å². The van der Waals surface area contributed by atoms with Crippen LogP contribution in [0.3, 0.4) is 0 Å². The molecule has 3 N–H and O–H groups in total. The molecule has 0 fully saturated rings. The molecule has 3 rings (SSSR count). The molecule has 7 nitrogen and oxygen atoms in total. The Bertz CT molecular complexity index is 924. The lowest BCUT2D eigenvalue weighted by molar-refractivity contribution is 0.103. The number of carbonyl (C=O) groups excluding carboxylic acids is 2. The third kappa shape index (κ3) is 3.92. The summed E-state index contributed by atoms with van der Waals surface area (Å²) >= 11 is 1.28. The molecule has 0 atom stereocenters. The maximum atomic E-state index is 12.2. The van der Waals surface area contributed by atoms with Gasteiger partial charge in [-0.3, -0.25) is 15.1 Å². The third-order valence-electron chi connectivity index (χ3n) is 3.54. The molecule has 0 bridgehead atoms. The lowest BCUT2D eigenvalue weighted by Crippen LogP contribution is -2.28. The van der Waals surface area contributed by atoms with Crippen LogP contribution in [0.2, 0.25) is 0 Å². The minimum atomic E-state index is -0.305. The van der Waals surface area contributed by atoms with E-state index in [1.807, 2.05) is 26.0 Å². The van der Waals surface area contributed by atoms with Gasteiger partial charge in [0.1, 0.15) is 10.7 Å². The molecule has 2 aromatic heterocycles. The molecule has 1 aromatic carbocycles. The molecule has 3 amide bonds. The van der Waals surface area contributed by atoms with Gasteiger partial charge in [-0.2, -0.15) is 0 Å². The Balaban J connectivity index is 1.88. The van der Waals surface area contributed by atoms with Crippen molar-refractivity contribution in [2.24, 2.45) is 0 Å². The van der Waals surface area contributed by atoms with E-state index in [-0.39, 0.29) is 11.9 Å². The fourth-order valence-corrected chi connectivity index (χ4v) is 2.94. The number of nitrogens with one attached hydrogen (secondary N) is 3. The van der Waals surface area contributed by atoms with E-state index in [0.717, 1.165) is 16.3 Å². The van der Waals surface area contributed by atoms with E-state index in [1.54, 1.807) is 17.8 Å². The SMILES string of the molecule is CCNC(=O)Nc1cc2cc(NC(=O)c3cncs3)cc(C)c2cn1. The van der Waals surface area contributed by atoms with Crippen molar-refractivity contribution in [1.82, 2.24) is 15.3 Å². The van der Waals surface area contributed by atoms with Crippen molar-refractivity contribution in [3.63, 3.8) is 0 Å². The Morgan fingerprint density at radius 3 is 2.72 bits per heavy atom. The average Bonchev–Trinajstić information content (AvgIpc) is 3.09. The number of anilines is 2. The minimum absolute atomic E-state index is 0.198. The number of urea groups is 1. The highest BCUT2D eigenvalue weighted by atomic mass is 32.1. The van der Waals surface area contributed by atoms with Crippen molar-refractivity contribution in [2.75, 3.05) is 17.2 Å². The summed E-state index contributed by atoms with van der Waals surface area (Å²) in [6.45, 7) is 4.32. The molecule has 0 aliphatic heterocycles. The summed E-state index contributed by atoms with van der Waals surface area (Å²) < 4.78 is 0. The van der Waals surface area contributed by atoms with E-state index in [0.29, 0.717) is 22.9 Å². The van der Waals surface area contributed by atoms with E-state index >= 15 is 0 Å². The number of rotatable bonds is 4. The highest BCUT2D eigenvalue weighted by molar-refractivity contribution is 7.11. The zero-order valence-electron chi connectivity index (χ0n) is 13.8. The molecule has 8 heteroatoms. The van der Waals surface area contributed by atoms with Gasteiger partial charge in [-0.05, 0) is 43.0 Å². The summed E-state index contributed by atoms with van der Waals surface area (Å²) in [6.07, 6.45) is 3.24. The molecular formula is C17H17N5O2S. The first-order valence-electron chi connectivity index (χ1n) is 7.72. The van der Waals surface area contributed by atoms with Gasteiger partial charge < -0.3 is 10.6 Å². The standard InChI is InChI=1S/C17H17N5O2S/c1-3-19-17(24)22-15-6-11-5-12(4-10(2)13(11)7-20-15)21-16(23)14-8-18-9-25-14/h4-9H,3H2,1-2H3,(H,21,23)(H2,19,20,22,24). The number of aromatic nitrogens is 2. The van der Waals surface area contributed by atoms with Crippen molar-refractivity contribution < 1.29 is 9.59 Å². The minimum Gasteiger partial charge on any atom is -0.338 e. The monoisotopic (exact) mass is 355 g/mol. The summed E-state index contributed by atoms with van der Waals surface area (Å²) in [7, 11) is 0. The van der Waals surface area contributed by atoms with Gasteiger partial charge in [0, 0.05) is 23.8 Å². The highest BCUT2D eigenvalue weighted by Crippen LogP contribution is 2.25. The van der Waals surface area contributed by atoms with Crippen LogP contribution in [-0.4, -0.2) is 28.5 Å². The van der Waals surface area contributed by atoms with Crippen LogP contribution in [0.1, 0.15) is 22.2 Å². The first kappa shape index (κ1) is 16.8. The molecule has 3 aromatic rings. The van der Waals surface area contributed by atoms with Gasteiger partial charge in [0.2, 0.25) is 0 Å². The zero-order chi connectivity index (χ0) is 17.8. The van der Waals surface area contributed by atoms with Crippen LogP contribution in [0.4, 0.5) is 16.3 Å². The van der Waals surface area contributed by atoms with E-state index in [1.165, 1.54) is 17.5 Å². The molecule has 0 spiro atoms. The molecule has 25 heavy (non-hydrogen) atoms. The molecule has 0 saturated carbocycles. The van der Waals surface area contributed by atoms with Gasteiger partial charge in [-0.15, -0.1) is 11.3 Å². The fourth-order valence-electron chi connectivity index (χ4n) is 2.42. The number of hydrogen-bond acceptors (Lipinski definition) is 5. The van der Waals surface area contributed by atoms with Gasteiger partial charge in [-0.1, -0.05) is 0 Å². The Morgan fingerprint density at radius 1 is 1.16 bits per heavy atom. The van der Waals surface area contributed by atoms with Crippen LogP contribution >= 0.6 is 11.3 Å². The number of aryl methyl sites for hydroxylation is 1. The van der Waals surface area contributed by atoms with Gasteiger partial charge in [0.15, 0.2) is 0 Å². The fraction of sp³-hybridized carbons (Fsp3) is 0.176. The number of amides is 3. The predicted molar refractivity (Wildman–Crippen MR) is 99.2 cm³/mol. The van der Waals surface area contributed by atoms with Gasteiger partial charge in [0.05, 0.1) is 11.7 Å². The second-order valence-corrected chi connectivity index (χ2v) is 6.27. The average molecular weight is 355 g/mol. The van der Waals surface area contributed by atoms with Gasteiger partial charge in [0.25, 0.3) is 5.91 Å². The van der Waals surface area contributed by atoms with Crippen LogP contribution in [0.25, 0.3) is 10.8 Å². The first-order valence-corrected chi connectivity index (χ1v) is 8.60. The molecule has 0 aliphatic rings. The summed E-state index contributed by atoms with van der Waals surface area (Å²) in [5.74, 6) is 0.250. The number of thiazole rings is 1. The Morgan fingerprint density at radius 2 is 2.00 bits per heavy atom. The molecule has 0 saturated heterocycles. The largest absolute Gasteiger partial charge is 0.338 e. The topological polar surface area (TPSA) is 96.0 Å². The molecule has 128 valence electrons. The first-order chi connectivity index (χ1) is 12.1. The third-order valence-corrected chi connectivity index (χ3v) is 4.31. The van der Waals surface area contributed by atoms with E-state index in [9.17, 15) is 9.59 Å². The predicted octanol–water partition coefficient (Wildman–Crippen LogP) is 3.39. The second kappa shape index (κ2) is 7.27. The number of fused-ring (bicyclic) bond motifs is 1. The molecule has 0 aliphatic carbocycles. The Labute approximate surface area is 148 Å². The maximum Gasteiger partial charge on any atom is 0.320 e. The van der Waals surface area contributed by atoms with Gasteiger partial charge in [-0.25, -0.2) is 9.78 Å². The van der Waals surface area contributed by atoms with Crippen LogP contribution in [0, 0.1) is 6.92 Å². The van der Waals surface area contributed by atoms with Crippen LogP contribution in [0.15, 0.2) is 36.1 Å². The van der Waals surface area contributed by atoms with Gasteiger partial charge >= 0.3 is 6.03 Å². The second-order valence-electron chi connectivity index (χ2n) is 5.39. The lowest BCUT2D eigenvalue weighted by Gasteiger charge is -2.10. The van der Waals surface area contributed by atoms with Crippen LogP contribution < -0.4 is 16.0 Å². The number of hydrogen-bond donors (Lipinski definition) is 3. The van der Waals surface area contributed by atoms with Crippen molar-refractivity contribution in [3.05, 3.63) is 46.5 Å². The normalized spacial score (nSPS) is 10.5. The highest BCUT2D eigenvalue weighted by Gasteiger charge is 2.10.